The van der Waals surface area contributed by atoms with Crippen molar-refractivity contribution in [2.45, 2.75) is 51.0 Å². The number of hydrogen-bond donors (Lipinski definition) is 0. The highest BCUT2D eigenvalue weighted by Gasteiger charge is 2.40. The van der Waals surface area contributed by atoms with Crippen molar-refractivity contribution in [3.05, 3.63) is 11.9 Å². The molecule has 0 amide bonds. The van der Waals surface area contributed by atoms with Crippen LogP contribution in [-0.2, 0) is 11.0 Å². The fourth-order valence-corrected chi connectivity index (χ4v) is 1.72. The topological polar surface area (TPSA) is 54.5 Å². The van der Waals surface area contributed by atoms with Crippen LogP contribution in [0.1, 0.15) is 45.7 Å². The smallest absolute Gasteiger partial charge is 0.150 e. The van der Waals surface area contributed by atoms with Crippen molar-refractivity contribution in [2.75, 3.05) is 0 Å². The van der Waals surface area contributed by atoms with Gasteiger partial charge in [-0.05, 0) is 19.3 Å². The average Bonchev–Trinajstić information content (AvgIpc) is 2.51. The maximum atomic E-state index is 9.16. The number of nitrogens with zero attached hydrogens (tertiary/aromatic N) is 4. The van der Waals surface area contributed by atoms with Crippen LogP contribution in [-0.4, -0.2) is 15.0 Å². The molecule has 80 valence electrons. The summed E-state index contributed by atoms with van der Waals surface area (Å²) in [6.07, 6.45) is 4.83. The predicted molar refractivity (Wildman–Crippen MR) is 56.2 cm³/mol. The molecular formula is C11H16N4. The molecule has 0 radical (unpaired) electrons. The molecule has 1 heterocycles. The first-order chi connectivity index (χ1) is 6.98. The Morgan fingerprint density at radius 1 is 1.47 bits per heavy atom. The van der Waals surface area contributed by atoms with Gasteiger partial charge in [0.15, 0.2) is 5.54 Å². The molecule has 0 aromatic carbocycles. The molecule has 0 unspecified atom stereocenters. The Morgan fingerprint density at radius 2 is 2.13 bits per heavy atom. The van der Waals surface area contributed by atoms with Gasteiger partial charge in [0.2, 0.25) is 0 Å². The maximum absolute atomic E-state index is 9.16. The summed E-state index contributed by atoms with van der Waals surface area (Å²) in [5.74, 6) is 0. The normalized spacial score (nSPS) is 19.3. The molecule has 0 N–H and O–H groups in total. The average molecular weight is 204 g/mol. The Hall–Kier alpha value is -1.37. The lowest BCUT2D eigenvalue weighted by molar-refractivity contribution is 0.193. The monoisotopic (exact) mass is 204 g/mol. The van der Waals surface area contributed by atoms with E-state index in [0.717, 1.165) is 25.0 Å². The van der Waals surface area contributed by atoms with E-state index in [1.54, 1.807) is 4.68 Å². The minimum atomic E-state index is -0.406. The fraction of sp³-hybridized carbons (Fsp3) is 0.727. The van der Waals surface area contributed by atoms with Gasteiger partial charge in [0.1, 0.15) is 0 Å². The lowest BCUT2D eigenvalue weighted by atomic mass is 9.78. The van der Waals surface area contributed by atoms with E-state index >= 15 is 0 Å². The van der Waals surface area contributed by atoms with Crippen LogP contribution in [0.4, 0.5) is 0 Å². The summed E-state index contributed by atoms with van der Waals surface area (Å²) < 4.78 is 1.75. The molecule has 0 aliphatic heterocycles. The van der Waals surface area contributed by atoms with Crippen molar-refractivity contribution in [2.24, 2.45) is 0 Å². The van der Waals surface area contributed by atoms with E-state index in [1.807, 2.05) is 6.20 Å². The van der Waals surface area contributed by atoms with E-state index < -0.39 is 5.54 Å². The van der Waals surface area contributed by atoms with Gasteiger partial charge in [0.05, 0.1) is 18.0 Å². The lowest BCUT2D eigenvalue weighted by Crippen LogP contribution is -2.39. The molecule has 1 aliphatic carbocycles. The van der Waals surface area contributed by atoms with Gasteiger partial charge < -0.3 is 0 Å². The molecule has 1 aromatic rings. The van der Waals surface area contributed by atoms with Crippen LogP contribution < -0.4 is 0 Å². The summed E-state index contributed by atoms with van der Waals surface area (Å²) in [5.41, 5.74) is 0.541. The lowest BCUT2D eigenvalue weighted by Gasteiger charge is -2.34. The Bertz CT molecular complexity index is 401. The van der Waals surface area contributed by atoms with Crippen molar-refractivity contribution in [1.29, 1.82) is 5.26 Å². The molecule has 1 aromatic heterocycles. The largest absolute Gasteiger partial charge is 0.232 e. The third kappa shape index (κ3) is 1.52. The standard InChI is InChI=1S/C11H16N4/c1-10(2,3)9-7-15(14-13-9)11(8-12)5-4-6-11/h7H,4-6H2,1-3H3. The van der Waals surface area contributed by atoms with Gasteiger partial charge in [0.25, 0.3) is 0 Å². The number of nitriles is 1. The van der Waals surface area contributed by atoms with Gasteiger partial charge in [0, 0.05) is 5.41 Å². The molecular weight excluding hydrogens is 188 g/mol. The fourth-order valence-electron chi connectivity index (χ4n) is 1.72. The van der Waals surface area contributed by atoms with Gasteiger partial charge in [-0.2, -0.15) is 5.26 Å². The Morgan fingerprint density at radius 3 is 2.47 bits per heavy atom. The zero-order valence-electron chi connectivity index (χ0n) is 9.49. The van der Waals surface area contributed by atoms with E-state index in [4.69, 9.17) is 5.26 Å². The minimum absolute atomic E-state index is 0.00135. The molecule has 0 atom stereocenters. The third-order valence-corrected chi connectivity index (χ3v) is 3.09. The second-order valence-electron chi connectivity index (χ2n) is 5.30. The van der Waals surface area contributed by atoms with Gasteiger partial charge in [-0.3, -0.25) is 0 Å². The quantitative estimate of drug-likeness (QED) is 0.702. The van der Waals surface area contributed by atoms with Crippen molar-refractivity contribution >= 4 is 0 Å². The van der Waals surface area contributed by atoms with E-state index in [-0.39, 0.29) is 5.41 Å². The number of aromatic nitrogens is 3. The third-order valence-electron chi connectivity index (χ3n) is 3.09. The number of hydrogen-bond acceptors (Lipinski definition) is 3. The van der Waals surface area contributed by atoms with E-state index in [1.165, 1.54) is 0 Å². The van der Waals surface area contributed by atoms with Crippen LogP contribution in [0.25, 0.3) is 0 Å². The summed E-state index contributed by atoms with van der Waals surface area (Å²) in [6, 6.07) is 2.36. The molecule has 1 aliphatic rings. The summed E-state index contributed by atoms with van der Waals surface area (Å²) in [5, 5.41) is 17.4. The summed E-state index contributed by atoms with van der Waals surface area (Å²) in [4.78, 5) is 0. The van der Waals surface area contributed by atoms with Crippen LogP contribution in [0.5, 0.6) is 0 Å². The van der Waals surface area contributed by atoms with Crippen LogP contribution >= 0.6 is 0 Å². The molecule has 1 saturated carbocycles. The molecule has 0 bridgehead atoms. The van der Waals surface area contributed by atoms with E-state index in [0.29, 0.717) is 0 Å². The van der Waals surface area contributed by atoms with Crippen LogP contribution in [0.3, 0.4) is 0 Å². The van der Waals surface area contributed by atoms with Crippen molar-refractivity contribution in [1.82, 2.24) is 15.0 Å². The van der Waals surface area contributed by atoms with Gasteiger partial charge in [-0.25, -0.2) is 4.68 Å². The minimum Gasteiger partial charge on any atom is -0.232 e. The van der Waals surface area contributed by atoms with Gasteiger partial charge in [-0.15, -0.1) is 5.10 Å². The Balaban J connectivity index is 2.32. The molecule has 2 rings (SSSR count). The summed E-state index contributed by atoms with van der Waals surface area (Å²) >= 11 is 0. The second kappa shape index (κ2) is 3.06. The van der Waals surface area contributed by atoms with Crippen LogP contribution in [0.15, 0.2) is 6.20 Å². The maximum Gasteiger partial charge on any atom is 0.150 e. The summed E-state index contributed by atoms with van der Waals surface area (Å²) in [6.45, 7) is 6.30. The van der Waals surface area contributed by atoms with Gasteiger partial charge >= 0.3 is 0 Å². The highest BCUT2D eigenvalue weighted by atomic mass is 15.5. The molecule has 4 heteroatoms. The predicted octanol–water partition coefficient (Wildman–Crippen LogP) is 1.98. The first-order valence-electron chi connectivity index (χ1n) is 5.32. The van der Waals surface area contributed by atoms with E-state index in [9.17, 15) is 0 Å². The highest BCUT2D eigenvalue weighted by molar-refractivity contribution is 5.14. The Labute approximate surface area is 89.9 Å². The van der Waals surface area contributed by atoms with Crippen molar-refractivity contribution < 1.29 is 0 Å². The molecule has 0 saturated heterocycles. The zero-order valence-corrected chi connectivity index (χ0v) is 9.49. The summed E-state index contributed by atoms with van der Waals surface area (Å²) in [7, 11) is 0. The second-order valence-corrected chi connectivity index (χ2v) is 5.30. The molecule has 4 nitrogen and oxygen atoms in total. The first-order valence-corrected chi connectivity index (χ1v) is 5.32. The van der Waals surface area contributed by atoms with E-state index in [2.05, 4.69) is 37.2 Å². The Kier molecular flexibility index (Phi) is 2.07. The van der Waals surface area contributed by atoms with Crippen LogP contribution in [0, 0.1) is 11.3 Å². The van der Waals surface area contributed by atoms with Crippen LogP contribution in [0.2, 0.25) is 0 Å². The van der Waals surface area contributed by atoms with Crippen molar-refractivity contribution in [3.63, 3.8) is 0 Å². The van der Waals surface area contributed by atoms with Gasteiger partial charge in [-0.1, -0.05) is 26.0 Å². The molecule has 15 heavy (non-hydrogen) atoms. The zero-order chi connectivity index (χ0) is 11.1. The molecule has 0 spiro atoms. The first kappa shape index (κ1) is 10.2. The molecule has 1 fully saturated rings. The number of rotatable bonds is 1. The van der Waals surface area contributed by atoms with Crippen molar-refractivity contribution in [3.8, 4) is 6.07 Å². The highest BCUT2D eigenvalue weighted by Crippen LogP contribution is 2.38. The SMILES string of the molecule is CC(C)(C)c1cn(C2(C#N)CCC2)nn1.